The van der Waals surface area contributed by atoms with Gasteiger partial charge in [0.2, 0.25) is 5.95 Å². The van der Waals surface area contributed by atoms with E-state index < -0.39 is 16.5 Å². The number of H-pyrrole nitrogens is 1. The second kappa shape index (κ2) is 6.74. The number of nitro groups is 1. The summed E-state index contributed by atoms with van der Waals surface area (Å²) in [6, 6.07) is 12.4. The van der Waals surface area contributed by atoms with Crippen molar-refractivity contribution in [2.24, 2.45) is 0 Å². The molecule has 0 saturated heterocycles. The number of rotatable bonds is 3. The Morgan fingerprint density at radius 1 is 1.13 bits per heavy atom. The molecule has 3 heterocycles. The Hall–Kier alpha value is -4.12. The van der Waals surface area contributed by atoms with E-state index >= 15 is 0 Å². The number of hydrogen-bond donors (Lipinski definition) is 2. The zero-order valence-corrected chi connectivity index (χ0v) is 15.7. The molecule has 2 aromatic heterocycles. The van der Waals surface area contributed by atoms with Gasteiger partial charge in [-0.15, -0.1) is 0 Å². The van der Waals surface area contributed by atoms with Crippen molar-refractivity contribution in [3.63, 3.8) is 0 Å². The monoisotopic (exact) mass is 422 g/mol. The lowest BCUT2D eigenvalue weighted by atomic mass is 9.92. The first-order valence-corrected chi connectivity index (χ1v) is 9.09. The largest absolute Gasteiger partial charge is 0.318 e. The van der Waals surface area contributed by atoms with Crippen LogP contribution in [0.25, 0.3) is 11.3 Å². The average Bonchev–Trinajstić information content (AvgIpc) is 3.22. The molecule has 1 aliphatic heterocycles. The lowest BCUT2D eigenvalue weighted by Crippen LogP contribution is -2.29. The molecule has 2 aromatic carbocycles. The second-order valence-corrected chi connectivity index (χ2v) is 6.90. The predicted molar refractivity (Wildman–Crippen MR) is 107 cm³/mol. The van der Waals surface area contributed by atoms with Gasteiger partial charge in [-0.25, -0.2) is 5.10 Å². The third-order valence-corrected chi connectivity index (χ3v) is 5.16. The molecule has 0 unspecified atom stereocenters. The van der Waals surface area contributed by atoms with Crippen LogP contribution in [0.1, 0.15) is 17.2 Å². The third kappa shape index (κ3) is 2.71. The van der Waals surface area contributed by atoms with Gasteiger partial charge in [-0.2, -0.15) is 9.78 Å². The van der Waals surface area contributed by atoms with Gasteiger partial charge < -0.3 is 5.32 Å². The Balaban J connectivity index is 1.79. The Labute approximate surface area is 172 Å². The summed E-state index contributed by atoms with van der Waals surface area (Å²) in [5.41, 5.74) is 1.88. The molecule has 0 radical (unpaired) electrons. The highest BCUT2D eigenvalue weighted by molar-refractivity contribution is 6.31. The molecule has 1 aliphatic rings. The van der Waals surface area contributed by atoms with E-state index in [0.29, 0.717) is 27.4 Å². The van der Waals surface area contributed by atoms with Crippen LogP contribution in [0.2, 0.25) is 5.02 Å². The van der Waals surface area contributed by atoms with Crippen molar-refractivity contribution in [3.8, 4) is 11.3 Å². The van der Waals surface area contributed by atoms with Gasteiger partial charge in [0.25, 0.3) is 11.2 Å². The van der Waals surface area contributed by atoms with Crippen LogP contribution in [0.4, 0.5) is 17.3 Å². The average molecular weight is 423 g/mol. The van der Waals surface area contributed by atoms with E-state index in [1.165, 1.54) is 16.8 Å². The maximum Gasteiger partial charge on any atom is 0.288 e. The minimum absolute atomic E-state index is 0.0550. The summed E-state index contributed by atoms with van der Waals surface area (Å²) in [5, 5.41) is 32.8. The Morgan fingerprint density at radius 3 is 2.63 bits per heavy atom. The summed E-state index contributed by atoms with van der Waals surface area (Å²) in [7, 11) is 0. The molecule has 0 saturated carbocycles. The summed E-state index contributed by atoms with van der Waals surface area (Å²) < 4.78 is 1.51. The van der Waals surface area contributed by atoms with E-state index in [1.807, 2.05) is 12.1 Å². The first-order chi connectivity index (χ1) is 14.5. The van der Waals surface area contributed by atoms with Crippen LogP contribution in [0.3, 0.4) is 0 Å². The van der Waals surface area contributed by atoms with E-state index in [0.717, 1.165) is 0 Å². The Bertz CT molecular complexity index is 1350. The second-order valence-electron chi connectivity index (χ2n) is 6.49. The quantitative estimate of drug-likeness (QED) is 0.333. The van der Waals surface area contributed by atoms with E-state index in [1.54, 1.807) is 24.3 Å². The minimum Gasteiger partial charge on any atom is -0.318 e. The zero-order chi connectivity index (χ0) is 20.8. The maximum absolute atomic E-state index is 12.6. The first kappa shape index (κ1) is 17.9. The fraction of sp³-hybridized carbons (Fsp3) is 0.0556. The van der Waals surface area contributed by atoms with Gasteiger partial charge in [0.15, 0.2) is 0 Å². The van der Waals surface area contributed by atoms with Crippen molar-refractivity contribution < 1.29 is 4.92 Å². The highest BCUT2D eigenvalue weighted by atomic mass is 35.5. The number of tetrazole rings is 1. The van der Waals surface area contributed by atoms with Gasteiger partial charge in [-0.05, 0) is 28.6 Å². The van der Waals surface area contributed by atoms with Crippen molar-refractivity contribution in [2.45, 2.75) is 6.04 Å². The molecule has 1 atom stereocenters. The SMILES string of the molecule is O=c1[nH]nc(-c2ccc([N+](=O)[O-])cc2)c2c1Nc1nnnn1[C@H]2c1ccccc1Cl. The molecule has 4 aromatic rings. The van der Waals surface area contributed by atoms with Gasteiger partial charge in [0.1, 0.15) is 11.7 Å². The standard InChI is InChI=1S/C18H11ClN8O3/c19-12-4-2-1-3-11(12)16-13-14(9-5-7-10(8-6-9)27(29)30)21-22-17(28)15(13)20-18-23-24-25-26(16)18/h1-8,16H,(H,22,28)(H,20,23,25)/t16-/m0/s1. The highest BCUT2D eigenvalue weighted by Gasteiger charge is 2.35. The Kier molecular flexibility index (Phi) is 4.03. The first-order valence-electron chi connectivity index (χ1n) is 8.71. The molecule has 0 amide bonds. The lowest BCUT2D eigenvalue weighted by Gasteiger charge is -2.28. The summed E-state index contributed by atoms with van der Waals surface area (Å²) in [5.74, 6) is 0.277. The number of fused-ring (bicyclic) bond motifs is 2. The number of hydrogen-bond acceptors (Lipinski definition) is 8. The molecule has 148 valence electrons. The Morgan fingerprint density at radius 2 is 1.90 bits per heavy atom. The van der Waals surface area contributed by atoms with Crippen LogP contribution in [0, 0.1) is 10.1 Å². The molecule has 12 heteroatoms. The summed E-state index contributed by atoms with van der Waals surface area (Å²) in [6.45, 7) is 0. The van der Waals surface area contributed by atoms with E-state index in [9.17, 15) is 14.9 Å². The predicted octanol–water partition coefficient (Wildman–Crippen LogP) is 2.68. The zero-order valence-electron chi connectivity index (χ0n) is 15.0. The number of nitrogens with one attached hydrogen (secondary N) is 2. The van der Waals surface area contributed by atoms with Crippen LogP contribution in [0.15, 0.2) is 53.3 Å². The lowest BCUT2D eigenvalue weighted by molar-refractivity contribution is -0.384. The van der Waals surface area contributed by atoms with Crippen LogP contribution < -0.4 is 10.9 Å². The molecule has 5 rings (SSSR count). The van der Waals surface area contributed by atoms with Crippen molar-refractivity contribution in [1.82, 2.24) is 30.4 Å². The number of benzene rings is 2. The third-order valence-electron chi connectivity index (χ3n) is 4.82. The number of nitrogens with zero attached hydrogens (tertiary/aromatic N) is 6. The van der Waals surface area contributed by atoms with Crippen LogP contribution in [0.5, 0.6) is 0 Å². The maximum atomic E-state index is 12.6. The summed E-state index contributed by atoms with van der Waals surface area (Å²) in [6.07, 6.45) is 0. The normalized spacial score (nSPS) is 14.5. The molecule has 0 aliphatic carbocycles. The van der Waals surface area contributed by atoms with Gasteiger partial charge in [-0.3, -0.25) is 14.9 Å². The van der Waals surface area contributed by atoms with E-state index in [2.05, 4.69) is 31.0 Å². The number of halogens is 1. The fourth-order valence-electron chi connectivity index (χ4n) is 3.48. The highest BCUT2D eigenvalue weighted by Crippen LogP contribution is 2.42. The topological polar surface area (TPSA) is 145 Å². The molecule has 0 bridgehead atoms. The van der Waals surface area contributed by atoms with Gasteiger partial charge >= 0.3 is 0 Å². The summed E-state index contributed by atoms with van der Waals surface area (Å²) in [4.78, 5) is 23.1. The molecule has 30 heavy (non-hydrogen) atoms. The summed E-state index contributed by atoms with van der Waals surface area (Å²) >= 11 is 6.47. The molecule has 0 spiro atoms. The molecular formula is C18H11ClN8O3. The van der Waals surface area contributed by atoms with Crippen LogP contribution in [-0.2, 0) is 0 Å². The molecule has 2 N–H and O–H groups in total. The smallest absolute Gasteiger partial charge is 0.288 e. The number of nitro benzene ring substituents is 1. The van der Waals surface area contributed by atoms with E-state index in [-0.39, 0.29) is 17.3 Å². The van der Waals surface area contributed by atoms with Crippen molar-refractivity contribution >= 4 is 28.9 Å². The number of aromatic nitrogens is 6. The van der Waals surface area contributed by atoms with Crippen molar-refractivity contribution in [3.05, 3.63) is 85.1 Å². The minimum atomic E-state index is -0.639. The van der Waals surface area contributed by atoms with Crippen molar-refractivity contribution in [2.75, 3.05) is 5.32 Å². The molecule has 0 fully saturated rings. The van der Waals surface area contributed by atoms with Gasteiger partial charge in [-0.1, -0.05) is 34.9 Å². The van der Waals surface area contributed by atoms with Gasteiger partial charge in [0.05, 0.1) is 10.6 Å². The van der Waals surface area contributed by atoms with Crippen LogP contribution in [-0.4, -0.2) is 35.3 Å². The number of non-ortho nitro benzene ring substituents is 1. The van der Waals surface area contributed by atoms with Crippen molar-refractivity contribution in [1.29, 1.82) is 0 Å². The number of aromatic amines is 1. The fourth-order valence-corrected chi connectivity index (χ4v) is 3.72. The molecular weight excluding hydrogens is 412 g/mol. The van der Waals surface area contributed by atoms with Crippen LogP contribution >= 0.6 is 11.6 Å². The van der Waals surface area contributed by atoms with Gasteiger partial charge in [0, 0.05) is 33.8 Å². The molecule has 11 nitrogen and oxygen atoms in total. The van der Waals surface area contributed by atoms with E-state index in [4.69, 9.17) is 11.6 Å². The number of anilines is 2.